The summed E-state index contributed by atoms with van der Waals surface area (Å²) < 4.78 is 40.0. The zero-order chi connectivity index (χ0) is 29.3. The Morgan fingerprint density at radius 2 is 1.90 bits per heavy atom. The monoisotopic (exact) mass is 570 g/mol. The standard InChI is InChI=1S/C30H40F2N6O3/c1-18(31)14-37-10-8-30(9-11-37)16-38(17-30)29-19(2)27(26-20(3)36-41-21(26)4)34-28(35-29)24-12-23(6-7-25(24)32)40-15-22(39)13-33-5/h6-7,12,18,22,33,39H,8-11,13-17H2,1-5H3/t18?,22-/m1/s1. The van der Waals surface area contributed by atoms with E-state index in [4.69, 9.17) is 19.2 Å². The smallest absolute Gasteiger partial charge is 0.165 e. The van der Waals surface area contributed by atoms with Gasteiger partial charge in [-0.1, -0.05) is 5.16 Å². The number of hydrogen-bond acceptors (Lipinski definition) is 9. The molecular weight excluding hydrogens is 530 g/mol. The Morgan fingerprint density at radius 1 is 1.17 bits per heavy atom. The SMILES string of the molecule is CNC[C@@H](O)COc1ccc(F)c(-c2nc(-c3c(C)noc3C)c(C)c(N3CC4(CCN(CC(C)F)CC4)C3)n2)c1. The van der Waals surface area contributed by atoms with Crippen molar-refractivity contribution in [1.82, 2.24) is 25.3 Å². The molecule has 0 amide bonds. The van der Waals surface area contributed by atoms with E-state index >= 15 is 4.39 Å². The number of likely N-dealkylation sites (tertiary alicyclic amines) is 1. The van der Waals surface area contributed by atoms with Crippen LogP contribution in [0.2, 0.25) is 0 Å². The highest BCUT2D eigenvalue weighted by atomic mass is 19.1. The van der Waals surface area contributed by atoms with Crippen molar-refractivity contribution in [2.45, 2.75) is 52.8 Å². The predicted molar refractivity (Wildman–Crippen MR) is 153 cm³/mol. The van der Waals surface area contributed by atoms with E-state index in [-0.39, 0.29) is 23.4 Å². The lowest BCUT2D eigenvalue weighted by atomic mass is 9.72. The Labute approximate surface area is 239 Å². The number of anilines is 1. The molecule has 222 valence electrons. The van der Waals surface area contributed by atoms with Gasteiger partial charge in [0.15, 0.2) is 5.82 Å². The molecule has 9 nitrogen and oxygen atoms in total. The normalized spacial score (nSPS) is 18.4. The van der Waals surface area contributed by atoms with Crippen LogP contribution in [0.5, 0.6) is 5.75 Å². The third-order valence-electron chi connectivity index (χ3n) is 8.23. The van der Waals surface area contributed by atoms with Crippen LogP contribution < -0.4 is 15.0 Å². The molecule has 5 rings (SSSR count). The molecule has 2 aliphatic rings. The average molecular weight is 571 g/mol. The van der Waals surface area contributed by atoms with E-state index < -0.39 is 18.1 Å². The molecule has 0 radical (unpaired) electrons. The second kappa shape index (κ2) is 12.0. The fraction of sp³-hybridized carbons (Fsp3) is 0.567. The van der Waals surface area contributed by atoms with Crippen LogP contribution in [0.1, 0.15) is 36.8 Å². The summed E-state index contributed by atoms with van der Waals surface area (Å²) in [5.74, 6) is 1.57. The highest BCUT2D eigenvalue weighted by Gasteiger charge is 2.46. The zero-order valence-electron chi connectivity index (χ0n) is 24.5. The quantitative estimate of drug-likeness (QED) is 0.374. The first-order valence-electron chi connectivity index (χ1n) is 14.3. The molecule has 0 bridgehead atoms. The van der Waals surface area contributed by atoms with E-state index in [1.165, 1.54) is 12.1 Å². The lowest BCUT2D eigenvalue weighted by molar-refractivity contribution is 0.0637. The molecule has 0 aliphatic carbocycles. The number of rotatable bonds is 10. The number of hydrogen-bond donors (Lipinski definition) is 2. The highest BCUT2D eigenvalue weighted by molar-refractivity contribution is 5.75. The largest absolute Gasteiger partial charge is 0.491 e. The fourth-order valence-electron chi connectivity index (χ4n) is 6.05. The van der Waals surface area contributed by atoms with Crippen LogP contribution in [0.4, 0.5) is 14.6 Å². The van der Waals surface area contributed by atoms with Gasteiger partial charge in [0.25, 0.3) is 0 Å². The number of aliphatic hydroxyl groups is 1. The van der Waals surface area contributed by atoms with E-state index in [9.17, 15) is 9.50 Å². The Hall–Kier alpha value is -3.15. The summed E-state index contributed by atoms with van der Waals surface area (Å²) in [6.45, 7) is 11.7. The summed E-state index contributed by atoms with van der Waals surface area (Å²) in [5, 5.41) is 17.1. The topological polar surface area (TPSA) is 99.8 Å². The maximum Gasteiger partial charge on any atom is 0.165 e. The number of ether oxygens (including phenoxy) is 1. The zero-order valence-corrected chi connectivity index (χ0v) is 24.5. The first-order valence-corrected chi connectivity index (χ1v) is 14.3. The van der Waals surface area contributed by atoms with Gasteiger partial charge >= 0.3 is 0 Å². The molecule has 4 heterocycles. The lowest BCUT2D eigenvalue weighted by Gasteiger charge is -2.55. The molecule has 1 aromatic carbocycles. The molecule has 2 aliphatic heterocycles. The Balaban J connectivity index is 1.46. The van der Waals surface area contributed by atoms with Crippen LogP contribution in [-0.2, 0) is 0 Å². The molecule has 2 saturated heterocycles. The van der Waals surface area contributed by atoms with Crippen LogP contribution in [0, 0.1) is 32.0 Å². The molecule has 1 spiro atoms. The van der Waals surface area contributed by atoms with Gasteiger partial charge < -0.3 is 29.5 Å². The van der Waals surface area contributed by atoms with Gasteiger partial charge in [-0.3, -0.25) is 0 Å². The van der Waals surface area contributed by atoms with Crippen molar-refractivity contribution in [3.05, 3.63) is 41.0 Å². The van der Waals surface area contributed by atoms with Crippen molar-refractivity contribution < 1.29 is 23.1 Å². The number of alkyl halides is 1. The summed E-state index contributed by atoms with van der Waals surface area (Å²) in [4.78, 5) is 14.2. The van der Waals surface area contributed by atoms with E-state index in [1.807, 2.05) is 20.8 Å². The molecule has 2 atom stereocenters. The minimum absolute atomic E-state index is 0.0633. The van der Waals surface area contributed by atoms with Crippen LogP contribution >= 0.6 is 0 Å². The van der Waals surface area contributed by atoms with Crippen molar-refractivity contribution in [3.63, 3.8) is 0 Å². The van der Waals surface area contributed by atoms with Crippen molar-refractivity contribution >= 4 is 5.82 Å². The summed E-state index contributed by atoms with van der Waals surface area (Å²) in [6.07, 6.45) is 0.497. The molecule has 2 N–H and O–H groups in total. The number of halogens is 2. The van der Waals surface area contributed by atoms with E-state index in [2.05, 4.69) is 20.3 Å². The first-order chi connectivity index (χ1) is 19.6. The third kappa shape index (κ3) is 6.22. The highest BCUT2D eigenvalue weighted by Crippen LogP contribution is 2.45. The van der Waals surface area contributed by atoms with Crippen LogP contribution in [0.15, 0.2) is 22.7 Å². The molecule has 3 aromatic rings. The van der Waals surface area contributed by atoms with Gasteiger partial charge in [0.05, 0.1) is 22.5 Å². The molecular formula is C30H40F2N6O3. The number of aryl methyl sites for hydroxylation is 2. The van der Waals surface area contributed by atoms with Crippen molar-refractivity contribution in [2.75, 3.05) is 57.8 Å². The van der Waals surface area contributed by atoms with Crippen LogP contribution in [-0.4, -0.2) is 90.3 Å². The van der Waals surface area contributed by atoms with Crippen molar-refractivity contribution in [1.29, 1.82) is 0 Å². The third-order valence-corrected chi connectivity index (χ3v) is 8.23. The number of nitrogens with one attached hydrogen (secondary N) is 1. The second-order valence-corrected chi connectivity index (χ2v) is 11.6. The molecule has 41 heavy (non-hydrogen) atoms. The number of benzene rings is 1. The van der Waals surface area contributed by atoms with Crippen molar-refractivity contribution in [2.24, 2.45) is 5.41 Å². The summed E-state index contributed by atoms with van der Waals surface area (Å²) in [7, 11) is 1.75. The summed E-state index contributed by atoms with van der Waals surface area (Å²) >= 11 is 0. The number of likely N-dealkylation sites (N-methyl/N-ethyl adjacent to an activating group) is 1. The van der Waals surface area contributed by atoms with E-state index in [0.29, 0.717) is 36.0 Å². The Morgan fingerprint density at radius 3 is 2.54 bits per heavy atom. The predicted octanol–water partition coefficient (Wildman–Crippen LogP) is 4.08. The summed E-state index contributed by atoms with van der Waals surface area (Å²) in [5.41, 5.74) is 3.40. The maximum absolute atomic E-state index is 15.3. The molecule has 2 aromatic heterocycles. The second-order valence-electron chi connectivity index (χ2n) is 11.6. The molecule has 1 unspecified atom stereocenters. The first kappa shape index (κ1) is 29.3. The van der Waals surface area contributed by atoms with E-state index in [1.54, 1.807) is 20.0 Å². The molecule has 2 fully saturated rings. The molecule has 0 saturated carbocycles. The average Bonchev–Trinajstić information content (AvgIpc) is 3.25. The van der Waals surface area contributed by atoms with Crippen molar-refractivity contribution in [3.8, 4) is 28.4 Å². The fourth-order valence-corrected chi connectivity index (χ4v) is 6.05. The number of aliphatic hydroxyl groups excluding tert-OH is 1. The van der Waals surface area contributed by atoms with Gasteiger partial charge in [-0.2, -0.15) is 0 Å². The van der Waals surface area contributed by atoms with Gasteiger partial charge in [-0.05, 0) is 78.9 Å². The summed E-state index contributed by atoms with van der Waals surface area (Å²) in [6, 6.07) is 4.44. The number of piperidine rings is 1. The molecule has 11 heteroatoms. The van der Waals surface area contributed by atoms with Gasteiger partial charge in [-0.15, -0.1) is 0 Å². The maximum atomic E-state index is 15.3. The number of aromatic nitrogens is 3. The minimum Gasteiger partial charge on any atom is -0.491 e. The van der Waals surface area contributed by atoms with Gasteiger partial charge in [0.1, 0.15) is 42.0 Å². The van der Waals surface area contributed by atoms with Crippen LogP contribution in [0.3, 0.4) is 0 Å². The Bertz CT molecular complexity index is 1340. The van der Waals surface area contributed by atoms with Gasteiger partial charge in [-0.25, -0.2) is 18.7 Å². The Kier molecular flexibility index (Phi) is 8.58. The minimum atomic E-state index is -0.825. The lowest BCUT2D eigenvalue weighted by Crippen LogP contribution is -2.61. The number of nitrogens with zero attached hydrogens (tertiary/aromatic N) is 5. The van der Waals surface area contributed by atoms with Gasteiger partial charge in [0, 0.05) is 37.2 Å². The van der Waals surface area contributed by atoms with Crippen LogP contribution in [0.25, 0.3) is 22.6 Å². The van der Waals surface area contributed by atoms with Gasteiger partial charge in [0.2, 0.25) is 0 Å². The van der Waals surface area contributed by atoms with E-state index in [0.717, 1.165) is 56.0 Å².